The van der Waals surface area contributed by atoms with E-state index in [0.29, 0.717) is 5.92 Å². The Morgan fingerprint density at radius 1 is 1.05 bits per heavy atom. The van der Waals surface area contributed by atoms with Crippen LogP contribution in [0.25, 0.3) is 0 Å². The minimum absolute atomic E-state index is 0.0474. The van der Waals surface area contributed by atoms with Gasteiger partial charge in [-0.1, -0.05) is 82.2 Å². The fourth-order valence-corrected chi connectivity index (χ4v) is 3.81. The van der Waals surface area contributed by atoms with Crippen LogP contribution >= 0.6 is 0 Å². The second-order valence-corrected chi connectivity index (χ2v) is 6.61. The summed E-state index contributed by atoms with van der Waals surface area (Å²) in [6.45, 7) is 2.27. The van der Waals surface area contributed by atoms with Crippen molar-refractivity contribution < 1.29 is 0 Å². The van der Waals surface area contributed by atoms with Gasteiger partial charge in [0, 0.05) is 11.5 Å². The smallest absolute Gasteiger partial charge is 0.0223 e. The molecule has 0 heterocycles. The van der Waals surface area contributed by atoms with Crippen LogP contribution < -0.4 is 5.73 Å². The Kier molecular flexibility index (Phi) is 6.09. The first-order chi connectivity index (χ1) is 9.76. The Hall–Kier alpha value is -0.820. The van der Waals surface area contributed by atoms with Crippen LogP contribution in [0.5, 0.6) is 0 Å². The van der Waals surface area contributed by atoms with E-state index in [1.807, 2.05) is 0 Å². The van der Waals surface area contributed by atoms with Crippen LogP contribution in [0.1, 0.15) is 82.6 Å². The van der Waals surface area contributed by atoms with E-state index < -0.39 is 0 Å². The second-order valence-electron chi connectivity index (χ2n) is 6.61. The first-order valence-corrected chi connectivity index (χ1v) is 8.60. The van der Waals surface area contributed by atoms with Crippen LogP contribution in [0, 0.1) is 0 Å². The molecule has 2 N–H and O–H groups in total. The van der Waals surface area contributed by atoms with Crippen LogP contribution in [0.2, 0.25) is 0 Å². The van der Waals surface area contributed by atoms with E-state index >= 15 is 0 Å². The molecule has 0 aromatic heterocycles. The van der Waals surface area contributed by atoms with E-state index in [4.69, 9.17) is 5.73 Å². The van der Waals surface area contributed by atoms with Crippen molar-refractivity contribution in [3.05, 3.63) is 35.9 Å². The third-order valence-corrected chi connectivity index (χ3v) is 5.03. The topological polar surface area (TPSA) is 26.0 Å². The third kappa shape index (κ3) is 4.09. The lowest BCUT2D eigenvalue weighted by Gasteiger charge is -2.42. The zero-order valence-electron chi connectivity index (χ0n) is 13.1. The molecule has 0 amide bonds. The minimum Gasteiger partial charge on any atom is -0.325 e. The number of nitrogens with two attached hydrogens (primary N) is 1. The van der Waals surface area contributed by atoms with Crippen LogP contribution in [0.4, 0.5) is 0 Å². The van der Waals surface area contributed by atoms with Gasteiger partial charge in [0.1, 0.15) is 0 Å². The van der Waals surface area contributed by atoms with Crippen molar-refractivity contribution in [1.29, 1.82) is 0 Å². The quantitative estimate of drug-likeness (QED) is 0.661. The van der Waals surface area contributed by atoms with Crippen molar-refractivity contribution in [2.75, 3.05) is 0 Å². The van der Waals surface area contributed by atoms with Crippen molar-refractivity contribution in [1.82, 2.24) is 0 Å². The molecule has 1 aromatic rings. The second kappa shape index (κ2) is 7.83. The van der Waals surface area contributed by atoms with E-state index in [1.165, 1.54) is 69.8 Å². The number of unbranched alkanes of at least 4 members (excludes halogenated alkanes) is 4. The minimum atomic E-state index is 0.0474. The molecule has 2 rings (SSSR count). The van der Waals surface area contributed by atoms with Crippen molar-refractivity contribution in [3.63, 3.8) is 0 Å². The number of hydrogen-bond donors (Lipinski definition) is 1. The zero-order chi connectivity index (χ0) is 14.3. The molecule has 0 bridgehead atoms. The van der Waals surface area contributed by atoms with Gasteiger partial charge in [-0.3, -0.25) is 0 Å². The molecule has 112 valence electrons. The molecule has 2 atom stereocenters. The predicted octanol–water partition coefficient (Wildman–Crippen LogP) is 5.40. The SMILES string of the molecule is CCCCCCCC1(N)CCCCC1c1ccccc1. The van der Waals surface area contributed by atoms with E-state index in [9.17, 15) is 0 Å². The van der Waals surface area contributed by atoms with Crippen LogP contribution in [0.3, 0.4) is 0 Å². The van der Waals surface area contributed by atoms with Gasteiger partial charge in [-0.15, -0.1) is 0 Å². The molecule has 1 fully saturated rings. The molecule has 0 spiro atoms. The molecule has 1 aliphatic carbocycles. The molecule has 20 heavy (non-hydrogen) atoms. The lowest BCUT2D eigenvalue weighted by Crippen LogP contribution is -2.47. The van der Waals surface area contributed by atoms with Crippen LogP contribution in [0.15, 0.2) is 30.3 Å². The molecule has 0 radical (unpaired) electrons. The third-order valence-electron chi connectivity index (χ3n) is 5.03. The van der Waals surface area contributed by atoms with Gasteiger partial charge in [-0.05, 0) is 24.8 Å². The highest BCUT2D eigenvalue weighted by Crippen LogP contribution is 2.42. The summed E-state index contributed by atoms with van der Waals surface area (Å²) < 4.78 is 0. The van der Waals surface area contributed by atoms with Gasteiger partial charge in [0.2, 0.25) is 0 Å². The molecule has 1 saturated carbocycles. The van der Waals surface area contributed by atoms with Crippen molar-refractivity contribution in [2.45, 2.75) is 82.6 Å². The Morgan fingerprint density at radius 3 is 2.55 bits per heavy atom. The fraction of sp³-hybridized carbons (Fsp3) is 0.684. The number of hydrogen-bond acceptors (Lipinski definition) is 1. The lowest BCUT2D eigenvalue weighted by atomic mass is 9.68. The van der Waals surface area contributed by atoms with E-state index in [2.05, 4.69) is 37.3 Å². The summed E-state index contributed by atoms with van der Waals surface area (Å²) >= 11 is 0. The maximum Gasteiger partial charge on any atom is 0.0223 e. The summed E-state index contributed by atoms with van der Waals surface area (Å²) in [6.07, 6.45) is 13.1. The summed E-state index contributed by atoms with van der Waals surface area (Å²) in [5, 5.41) is 0. The van der Waals surface area contributed by atoms with Crippen molar-refractivity contribution in [3.8, 4) is 0 Å². The average molecular weight is 273 g/mol. The molecule has 1 aliphatic rings. The van der Waals surface area contributed by atoms with E-state index in [1.54, 1.807) is 0 Å². The number of rotatable bonds is 7. The molecule has 2 unspecified atom stereocenters. The highest BCUT2D eigenvalue weighted by Gasteiger charge is 2.37. The molecule has 1 heteroatoms. The molecule has 1 nitrogen and oxygen atoms in total. The van der Waals surface area contributed by atoms with Crippen molar-refractivity contribution >= 4 is 0 Å². The van der Waals surface area contributed by atoms with Gasteiger partial charge in [0.05, 0.1) is 0 Å². The Morgan fingerprint density at radius 2 is 1.80 bits per heavy atom. The maximum absolute atomic E-state index is 6.85. The summed E-state index contributed by atoms with van der Waals surface area (Å²) in [7, 11) is 0. The summed E-state index contributed by atoms with van der Waals surface area (Å²) in [5.74, 6) is 0.573. The maximum atomic E-state index is 6.85. The van der Waals surface area contributed by atoms with Crippen molar-refractivity contribution in [2.24, 2.45) is 5.73 Å². The summed E-state index contributed by atoms with van der Waals surface area (Å²) in [5.41, 5.74) is 8.36. The van der Waals surface area contributed by atoms with Gasteiger partial charge in [0.25, 0.3) is 0 Å². The largest absolute Gasteiger partial charge is 0.325 e. The number of benzene rings is 1. The van der Waals surface area contributed by atoms with Gasteiger partial charge >= 0.3 is 0 Å². The highest BCUT2D eigenvalue weighted by atomic mass is 14.8. The fourth-order valence-electron chi connectivity index (χ4n) is 3.81. The van der Waals surface area contributed by atoms with E-state index in [0.717, 1.165) is 0 Å². The zero-order valence-corrected chi connectivity index (χ0v) is 13.1. The standard InChI is InChI=1S/C19H31N/c1-2-3-4-5-10-15-19(20)16-11-9-14-18(19)17-12-7-6-8-13-17/h6-8,12-13,18H,2-5,9-11,14-16,20H2,1H3. The normalized spacial score (nSPS) is 26.6. The van der Waals surface area contributed by atoms with Gasteiger partial charge < -0.3 is 5.73 Å². The first-order valence-electron chi connectivity index (χ1n) is 8.60. The lowest BCUT2D eigenvalue weighted by molar-refractivity contribution is 0.229. The molecule has 0 aliphatic heterocycles. The molecule has 0 saturated heterocycles. The highest BCUT2D eigenvalue weighted by molar-refractivity contribution is 5.24. The average Bonchev–Trinajstić information content (AvgIpc) is 2.48. The predicted molar refractivity (Wildman–Crippen MR) is 87.9 cm³/mol. The van der Waals surface area contributed by atoms with Crippen LogP contribution in [-0.2, 0) is 0 Å². The summed E-state index contributed by atoms with van der Waals surface area (Å²) in [4.78, 5) is 0. The van der Waals surface area contributed by atoms with E-state index in [-0.39, 0.29) is 5.54 Å². The van der Waals surface area contributed by atoms with Gasteiger partial charge in [-0.2, -0.15) is 0 Å². The van der Waals surface area contributed by atoms with Crippen LogP contribution in [-0.4, -0.2) is 5.54 Å². The monoisotopic (exact) mass is 273 g/mol. The Balaban J connectivity index is 1.94. The van der Waals surface area contributed by atoms with Gasteiger partial charge in [0.15, 0.2) is 0 Å². The molecular formula is C19H31N. The molecular weight excluding hydrogens is 242 g/mol. The van der Waals surface area contributed by atoms with Gasteiger partial charge in [-0.25, -0.2) is 0 Å². The summed E-state index contributed by atoms with van der Waals surface area (Å²) in [6, 6.07) is 11.0. The Bertz CT molecular complexity index is 373. The first kappa shape index (κ1) is 15.6. The molecule has 1 aromatic carbocycles. The Labute approximate surface area is 125 Å².